The summed E-state index contributed by atoms with van der Waals surface area (Å²) in [5.74, 6) is -2.18. The van der Waals surface area contributed by atoms with Gasteiger partial charge in [0, 0.05) is 19.5 Å². The van der Waals surface area contributed by atoms with Crippen LogP contribution >= 0.6 is 0 Å². The van der Waals surface area contributed by atoms with Crippen molar-refractivity contribution in [1.29, 1.82) is 0 Å². The van der Waals surface area contributed by atoms with E-state index in [9.17, 15) is 19.5 Å². The zero-order valence-corrected chi connectivity index (χ0v) is 15.8. The Morgan fingerprint density at radius 2 is 1.82 bits per heavy atom. The topological polar surface area (TPSA) is 86.7 Å². The number of rotatable bonds is 7. The summed E-state index contributed by atoms with van der Waals surface area (Å²) in [4.78, 5) is 38.2. The van der Waals surface area contributed by atoms with Gasteiger partial charge in [0.25, 0.3) is 0 Å². The zero-order chi connectivity index (χ0) is 20.1. The molecular formula is C22H24N2O4. The van der Waals surface area contributed by atoms with Gasteiger partial charge in [-0.2, -0.15) is 0 Å². The highest BCUT2D eigenvalue weighted by molar-refractivity contribution is 5.91. The molecule has 0 aliphatic carbocycles. The lowest BCUT2D eigenvalue weighted by Crippen LogP contribution is -2.45. The Morgan fingerprint density at radius 3 is 2.46 bits per heavy atom. The van der Waals surface area contributed by atoms with E-state index >= 15 is 0 Å². The average molecular weight is 380 g/mol. The Hall–Kier alpha value is -3.15. The fraction of sp³-hybridized carbons (Fsp3) is 0.318. The molecule has 1 saturated heterocycles. The fourth-order valence-corrected chi connectivity index (χ4v) is 3.45. The van der Waals surface area contributed by atoms with Crippen molar-refractivity contribution in [2.45, 2.75) is 38.3 Å². The molecule has 0 aromatic heterocycles. The van der Waals surface area contributed by atoms with Crippen LogP contribution in [-0.4, -0.2) is 40.4 Å². The maximum absolute atomic E-state index is 12.7. The highest BCUT2D eigenvalue weighted by atomic mass is 16.4. The van der Waals surface area contributed by atoms with Crippen LogP contribution in [0.2, 0.25) is 0 Å². The van der Waals surface area contributed by atoms with E-state index in [0.29, 0.717) is 24.9 Å². The predicted octanol–water partition coefficient (Wildman–Crippen LogP) is 2.47. The van der Waals surface area contributed by atoms with Gasteiger partial charge >= 0.3 is 5.97 Å². The summed E-state index contributed by atoms with van der Waals surface area (Å²) in [6, 6.07) is 16.1. The number of carboxylic acid groups (broad SMARTS) is 1. The molecule has 6 heteroatoms. The Bertz CT molecular complexity index is 849. The van der Waals surface area contributed by atoms with Crippen molar-refractivity contribution < 1.29 is 19.5 Å². The molecule has 28 heavy (non-hydrogen) atoms. The number of carboxylic acids is 1. The molecule has 2 aromatic carbocycles. The largest absolute Gasteiger partial charge is 0.481 e. The Labute approximate surface area is 164 Å². The third kappa shape index (κ3) is 4.57. The summed E-state index contributed by atoms with van der Waals surface area (Å²) < 4.78 is 0. The molecule has 2 aromatic rings. The lowest BCUT2D eigenvalue weighted by molar-refractivity contribution is -0.139. The molecule has 0 radical (unpaired) electrons. The first kappa shape index (κ1) is 19.6. The molecule has 0 saturated carbocycles. The molecule has 1 aliphatic rings. The Morgan fingerprint density at radius 1 is 1.14 bits per heavy atom. The van der Waals surface area contributed by atoms with Gasteiger partial charge in [-0.1, -0.05) is 60.2 Å². The van der Waals surface area contributed by atoms with E-state index in [2.05, 4.69) is 5.32 Å². The monoisotopic (exact) mass is 380 g/mol. The number of aliphatic carboxylic acids is 1. The number of hydrogen-bond donors (Lipinski definition) is 2. The average Bonchev–Trinajstić information content (AvgIpc) is 3.05. The van der Waals surface area contributed by atoms with E-state index in [-0.39, 0.29) is 18.4 Å². The molecule has 2 unspecified atom stereocenters. The number of benzene rings is 2. The van der Waals surface area contributed by atoms with Crippen LogP contribution in [0, 0.1) is 6.92 Å². The van der Waals surface area contributed by atoms with E-state index in [4.69, 9.17) is 0 Å². The van der Waals surface area contributed by atoms with Gasteiger partial charge in [-0.15, -0.1) is 0 Å². The van der Waals surface area contributed by atoms with Crippen LogP contribution < -0.4 is 5.32 Å². The molecular weight excluding hydrogens is 356 g/mol. The molecule has 1 aliphatic heterocycles. The maximum Gasteiger partial charge on any atom is 0.312 e. The second kappa shape index (κ2) is 8.69. The fourth-order valence-electron chi connectivity index (χ4n) is 3.45. The van der Waals surface area contributed by atoms with Crippen LogP contribution in [0.1, 0.15) is 35.4 Å². The summed E-state index contributed by atoms with van der Waals surface area (Å²) in [7, 11) is 0. The number of aryl methyl sites for hydroxylation is 1. The number of carbonyl (C=O) groups excluding carboxylic acids is 2. The Balaban J connectivity index is 1.65. The van der Waals surface area contributed by atoms with Crippen molar-refractivity contribution in [2.24, 2.45) is 0 Å². The van der Waals surface area contributed by atoms with Crippen molar-refractivity contribution in [3.63, 3.8) is 0 Å². The van der Waals surface area contributed by atoms with Crippen molar-refractivity contribution >= 4 is 17.8 Å². The molecule has 2 amide bonds. The van der Waals surface area contributed by atoms with Crippen molar-refractivity contribution in [3.8, 4) is 0 Å². The highest BCUT2D eigenvalue weighted by Gasteiger charge is 2.36. The van der Waals surface area contributed by atoms with E-state index in [1.54, 1.807) is 29.2 Å². The van der Waals surface area contributed by atoms with Crippen molar-refractivity contribution in [1.82, 2.24) is 10.2 Å². The summed E-state index contributed by atoms with van der Waals surface area (Å²) in [6.45, 7) is 2.35. The highest BCUT2D eigenvalue weighted by Crippen LogP contribution is 2.22. The minimum Gasteiger partial charge on any atom is -0.481 e. The normalized spacial score (nSPS) is 17.4. The van der Waals surface area contributed by atoms with Crippen LogP contribution in [0.3, 0.4) is 0 Å². The maximum atomic E-state index is 12.7. The van der Waals surface area contributed by atoms with Crippen LogP contribution in [0.4, 0.5) is 0 Å². The third-order valence-electron chi connectivity index (χ3n) is 5.08. The lowest BCUT2D eigenvalue weighted by atomic mass is 9.99. The minimum atomic E-state index is -0.995. The summed E-state index contributed by atoms with van der Waals surface area (Å²) in [5, 5.41) is 12.2. The molecule has 3 rings (SSSR count). The third-order valence-corrected chi connectivity index (χ3v) is 5.08. The van der Waals surface area contributed by atoms with Crippen molar-refractivity contribution in [3.05, 3.63) is 71.3 Å². The molecule has 6 nitrogen and oxygen atoms in total. The van der Waals surface area contributed by atoms with Crippen LogP contribution in [0.5, 0.6) is 0 Å². The number of nitrogens with zero attached hydrogens (tertiary/aromatic N) is 1. The number of nitrogens with one attached hydrogen (secondary N) is 1. The van der Waals surface area contributed by atoms with Gasteiger partial charge in [0.05, 0.1) is 5.92 Å². The summed E-state index contributed by atoms with van der Waals surface area (Å²) in [5.41, 5.74) is 2.73. The van der Waals surface area contributed by atoms with Crippen molar-refractivity contribution in [2.75, 3.05) is 6.54 Å². The molecule has 0 bridgehead atoms. The standard InChI is InChI=1S/C22H24N2O4/c1-15-7-9-16(10-8-15)14-24-19(11-12-20(24)25)21(26)23-13-18(22(27)28)17-5-3-2-4-6-17/h2-10,18-19H,11-14H2,1H3,(H,23,26)(H,27,28). The van der Waals surface area contributed by atoms with E-state index in [1.165, 1.54) is 0 Å². The SMILES string of the molecule is Cc1ccc(CN2C(=O)CCC2C(=O)NCC(C(=O)O)c2ccccc2)cc1. The van der Waals surface area contributed by atoms with E-state index < -0.39 is 17.9 Å². The van der Waals surface area contributed by atoms with E-state index in [1.807, 2.05) is 37.3 Å². The number of amides is 2. The van der Waals surface area contributed by atoms with Gasteiger partial charge in [0.2, 0.25) is 11.8 Å². The zero-order valence-electron chi connectivity index (χ0n) is 15.8. The number of carbonyl (C=O) groups is 3. The van der Waals surface area contributed by atoms with Gasteiger partial charge in [-0.25, -0.2) is 0 Å². The number of hydrogen-bond acceptors (Lipinski definition) is 3. The Kier molecular flexibility index (Phi) is 6.09. The molecule has 1 heterocycles. The van der Waals surface area contributed by atoms with Gasteiger partial charge in [-0.3, -0.25) is 14.4 Å². The molecule has 2 atom stereocenters. The molecule has 1 fully saturated rings. The van der Waals surface area contributed by atoms with Gasteiger partial charge in [0.15, 0.2) is 0 Å². The molecule has 2 N–H and O–H groups in total. The predicted molar refractivity (Wildman–Crippen MR) is 105 cm³/mol. The van der Waals surface area contributed by atoms with Crippen LogP contribution in [0.25, 0.3) is 0 Å². The summed E-state index contributed by atoms with van der Waals surface area (Å²) >= 11 is 0. The first-order valence-corrected chi connectivity index (χ1v) is 9.36. The van der Waals surface area contributed by atoms with Crippen LogP contribution in [0.15, 0.2) is 54.6 Å². The van der Waals surface area contributed by atoms with E-state index in [0.717, 1.165) is 11.1 Å². The second-order valence-corrected chi connectivity index (χ2v) is 7.11. The van der Waals surface area contributed by atoms with Gasteiger partial charge in [-0.05, 0) is 24.5 Å². The molecule has 146 valence electrons. The molecule has 0 spiro atoms. The van der Waals surface area contributed by atoms with Gasteiger partial charge < -0.3 is 15.3 Å². The minimum absolute atomic E-state index is 0.0127. The van der Waals surface area contributed by atoms with Crippen LogP contribution in [-0.2, 0) is 20.9 Å². The lowest BCUT2D eigenvalue weighted by Gasteiger charge is -2.25. The smallest absolute Gasteiger partial charge is 0.312 e. The first-order chi connectivity index (χ1) is 13.5. The first-order valence-electron chi connectivity index (χ1n) is 9.36. The second-order valence-electron chi connectivity index (χ2n) is 7.11. The van der Waals surface area contributed by atoms with Gasteiger partial charge in [0.1, 0.15) is 6.04 Å². The summed E-state index contributed by atoms with van der Waals surface area (Å²) in [6.07, 6.45) is 0.768. The number of likely N-dealkylation sites (tertiary alicyclic amines) is 1. The quantitative estimate of drug-likeness (QED) is 0.773.